The largest absolute Gasteiger partial charge is 0.416 e. The highest BCUT2D eigenvalue weighted by molar-refractivity contribution is 5.95. The lowest BCUT2D eigenvalue weighted by atomic mass is 9.64. The average Bonchev–Trinajstić information content (AvgIpc) is 3.61. The summed E-state index contributed by atoms with van der Waals surface area (Å²) in [5.74, 6) is 0. The molecule has 6 heteroatoms. The standard InChI is InChI=1S/C46H28F6/c47-45(48,49)33-21-23-35-37-27-38-36-24-22-34(46(50,51)52)26-40(36)44(31-17-9-3-10-18-31,32-19-11-4-12-20-32)42(38)28-41(37)43(39(35)25-33,29-13-5-1-6-14-29)30-15-7-2-8-16-30/h1-28H. The first-order valence-corrected chi connectivity index (χ1v) is 16.9. The smallest absolute Gasteiger partial charge is 0.166 e. The van der Waals surface area contributed by atoms with Crippen LogP contribution in [0.15, 0.2) is 170 Å². The molecule has 0 heterocycles. The Labute approximate surface area is 296 Å². The van der Waals surface area contributed by atoms with Gasteiger partial charge in [0, 0.05) is 0 Å². The molecule has 7 aromatic rings. The van der Waals surface area contributed by atoms with E-state index in [1.54, 1.807) is 12.1 Å². The second-order valence-electron chi connectivity index (χ2n) is 13.4. The second-order valence-corrected chi connectivity index (χ2v) is 13.4. The zero-order valence-electron chi connectivity index (χ0n) is 27.4. The van der Waals surface area contributed by atoms with Crippen molar-refractivity contribution >= 4 is 0 Å². The maximum absolute atomic E-state index is 14.5. The molecule has 0 saturated carbocycles. The molecule has 2 aliphatic carbocycles. The van der Waals surface area contributed by atoms with Gasteiger partial charge in [0.15, 0.2) is 0 Å². The zero-order chi connectivity index (χ0) is 35.9. The Bertz CT molecular complexity index is 2210. The van der Waals surface area contributed by atoms with E-state index in [-0.39, 0.29) is 0 Å². The summed E-state index contributed by atoms with van der Waals surface area (Å²) in [5.41, 5.74) is 4.50. The zero-order valence-corrected chi connectivity index (χ0v) is 27.4. The molecule has 0 bridgehead atoms. The maximum Gasteiger partial charge on any atom is 0.416 e. The molecule has 0 aliphatic heterocycles. The van der Waals surface area contributed by atoms with Crippen LogP contribution in [0.5, 0.6) is 0 Å². The Kier molecular flexibility index (Phi) is 6.97. The molecule has 0 nitrogen and oxygen atoms in total. The van der Waals surface area contributed by atoms with Crippen molar-refractivity contribution in [2.24, 2.45) is 0 Å². The lowest BCUT2D eigenvalue weighted by Crippen LogP contribution is -2.31. The summed E-state index contributed by atoms with van der Waals surface area (Å²) in [5, 5.41) is 0. The molecule has 7 aromatic carbocycles. The number of halogens is 6. The van der Waals surface area contributed by atoms with Crippen molar-refractivity contribution in [2.45, 2.75) is 23.2 Å². The monoisotopic (exact) mass is 694 g/mol. The minimum Gasteiger partial charge on any atom is -0.166 e. The van der Waals surface area contributed by atoms with E-state index in [9.17, 15) is 26.3 Å². The number of benzene rings is 7. The molecular weight excluding hydrogens is 666 g/mol. The topological polar surface area (TPSA) is 0 Å². The molecule has 0 spiro atoms. The van der Waals surface area contributed by atoms with Crippen LogP contribution in [-0.2, 0) is 23.2 Å². The summed E-state index contributed by atoms with van der Waals surface area (Å²) in [7, 11) is 0. The average molecular weight is 695 g/mol. The predicted molar refractivity (Wildman–Crippen MR) is 191 cm³/mol. The molecule has 254 valence electrons. The van der Waals surface area contributed by atoms with Crippen molar-refractivity contribution in [1.82, 2.24) is 0 Å². The second kappa shape index (κ2) is 11.3. The molecule has 0 atom stereocenters. The van der Waals surface area contributed by atoms with Gasteiger partial charge in [-0.2, -0.15) is 26.3 Å². The maximum atomic E-state index is 14.5. The highest BCUT2D eigenvalue weighted by Gasteiger charge is 2.52. The number of rotatable bonds is 4. The summed E-state index contributed by atoms with van der Waals surface area (Å²) in [6.45, 7) is 0. The summed E-state index contributed by atoms with van der Waals surface area (Å²) in [6.07, 6.45) is -9.18. The van der Waals surface area contributed by atoms with Gasteiger partial charge in [0.1, 0.15) is 0 Å². The minimum absolute atomic E-state index is 0.496. The van der Waals surface area contributed by atoms with E-state index in [1.807, 2.05) is 127 Å². The molecule has 0 amide bonds. The van der Waals surface area contributed by atoms with Crippen LogP contribution in [0, 0.1) is 0 Å². The summed E-state index contributed by atoms with van der Waals surface area (Å²) in [4.78, 5) is 0. The predicted octanol–water partition coefficient (Wildman–Crippen LogP) is 12.5. The van der Waals surface area contributed by atoms with E-state index >= 15 is 0 Å². The lowest BCUT2D eigenvalue weighted by molar-refractivity contribution is -0.138. The summed E-state index contributed by atoms with van der Waals surface area (Å²) < 4.78 is 87.1. The first kappa shape index (κ1) is 32.1. The normalized spacial score (nSPS) is 15.0. The van der Waals surface area contributed by atoms with Crippen LogP contribution >= 0.6 is 0 Å². The van der Waals surface area contributed by atoms with Crippen molar-refractivity contribution in [3.8, 4) is 22.3 Å². The Morgan fingerprint density at radius 1 is 0.288 bits per heavy atom. The van der Waals surface area contributed by atoms with Crippen LogP contribution in [-0.4, -0.2) is 0 Å². The number of fused-ring (bicyclic) bond motifs is 6. The Balaban J connectivity index is 1.48. The van der Waals surface area contributed by atoms with Crippen LogP contribution in [0.4, 0.5) is 26.3 Å². The number of hydrogen-bond acceptors (Lipinski definition) is 0. The van der Waals surface area contributed by atoms with Crippen LogP contribution in [0.2, 0.25) is 0 Å². The Hall–Kier alpha value is -5.88. The fourth-order valence-corrected chi connectivity index (χ4v) is 8.82. The molecule has 52 heavy (non-hydrogen) atoms. The van der Waals surface area contributed by atoms with Gasteiger partial charge in [0.05, 0.1) is 22.0 Å². The molecule has 0 fully saturated rings. The highest BCUT2D eigenvalue weighted by Crippen LogP contribution is 2.63. The quantitative estimate of drug-likeness (QED) is 0.161. The first-order valence-electron chi connectivity index (χ1n) is 16.9. The Morgan fingerprint density at radius 2 is 0.577 bits per heavy atom. The Morgan fingerprint density at radius 3 is 0.865 bits per heavy atom. The molecular formula is C46H28F6. The SMILES string of the molecule is FC(F)(F)c1ccc2c(c1)C(c1ccccc1)(c1ccccc1)c1cc3c(cc1-2)-c1ccc(C(F)(F)F)cc1C3(c1ccccc1)c1ccccc1. The van der Waals surface area contributed by atoms with Gasteiger partial charge in [0.2, 0.25) is 0 Å². The third-order valence-corrected chi connectivity index (χ3v) is 10.9. The van der Waals surface area contributed by atoms with Crippen molar-refractivity contribution < 1.29 is 26.3 Å². The van der Waals surface area contributed by atoms with Gasteiger partial charge in [-0.15, -0.1) is 0 Å². The molecule has 0 saturated heterocycles. The van der Waals surface area contributed by atoms with Crippen molar-refractivity contribution in [3.63, 3.8) is 0 Å². The number of alkyl halides is 6. The van der Waals surface area contributed by atoms with Crippen LogP contribution in [0.25, 0.3) is 22.3 Å². The van der Waals surface area contributed by atoms with Crippen molar-refractivity contribution in [2.75, 3.05) is 0 Å². The third kappa shape index (κ3) is 4.43. The molecule has 0 radical (unpaired) electrons. The molecule has 9 rings (SSSR count). The van der Waals surface area contributed by atoms with Gasteiger partial charge in [-0.3, -0.25) is 0 Å². The molecule has 0 N–H and O–H groups in total. The van der Waals surface area contributed by atoms with E-state index in [0.717, 1.165) is 56.6 Å². The lowest BCUT2D eigenvalue weighted by Gasteiger charge is -2.37. The van der Waals surface area contributed by atoms with Gasteiger partial charge in [0.25, 0.3) is 0 Å². The van der Waals surface area contributed by atoms with Crippen LogP contribution < -0.4 is 0 Å². The van der Waals surface area contributed by atoms with E-state index in [4.69, 9.17) is 0 Å². The van der Waals surface area contributed by atoms with Gasteiger partial charge in [-0.25, -0.2) is 0 Å². The van der Waals surface area contributed by atoms with Crippen molar-refractivity contribution in [3.05, 3.63) is 225 Å². The fraction of sp³-hybridized carbons (Fsp3) is 0.0870. The summed E-state index contributed by atoms with van der Waals surface area (Å²) >= 11 is 0. The van der Waals surface area contributed by atoms with Crippen molar-refractivity contribution in [1.29, 1.82) is 0 Å². The van der Waals surface area contributed by atoms with E-state index in [1.165, 1.54) is 12.1 Å². The van der Waals surface area contributed by atoms with Gasteiger partial charge in [-0.05, 0) is 97.1 Å². The molecule has 0 aromatic heterocycles. The fourth-order valence-electron chi connectivity index (χ4n) is 8.82. The first-order chi connectivity index (χ1) is 25.1. The van der Waals surface area contributed by atoms with Gasteiger partial charge < -0.3 is 0 Å². The summed E-state index contributed by atoms with van der Waals surface area (Å²) in [6, 6.07) is 49.9. The van der Waals surface area contributed by atoms with Crippen LogP contribution in [0.3, 0.4) is 0 Å². The van der Waals surface area contributed by atoms with E-state index in [2.05, 4.69) is 6.07 Å². The van der Waals surface area contributed by atoms with E-state index in [0.29, 0.717) is 22.3 Å². The third-order valence-electron chi connectivity index (χ3n) is 10.9. The van der Waals surface area contributed by atoms with Gasteiger partial charge in [-0.1, -0.05) is 140 Å². The van der Waals surface area contributed by atoms with Crippen LogP contribution in [0.1, 0.15) is 55.6 Å². The number of hydrogen-bond donors (Lipinski definition) is 0. The minimum atomic E-state index is -4.59. The van der Waals surface area contributed by atoms with Gasteiger partial charge >= 0.3 is 12.4 Å². The molecule has 2 aliphatic rings. The highest BCUT2D eigenvalue weighted by atomic mass is 19.4. The van der Waals surface area contributed by atoms with E-state index < -0.39 is 34.3 Å². The molecule has 0 unspecified atom stereocenters.